The van der Waals surface area contributed by atoms with Gasteiger partial charge in [-0.05, 0) is 26.2 Å². The number of hydrogen-bond donors (Lipinski definition) is 0. The minimum Gasteiger partial charge on any atom is -0.299 e. The Morgan fingerprint density at radius 1 is 1.17 bits per heavy atom. The van der Waals surface area contributed by atoms with Crippen LogP contribution in [0.3, 0.4) is 0 Å². The summed E-state index contributed by atoms with van der Waals surface area (Å²) in [7, 11) is 0. The summed E-state index contributed by atoms with van der Waals surface area (Å²) in [6, 6.07) is 0. The van der Waals surface area contributed by atoms with E-state index in [0.29, 0.717) is 0 Å². The van der Waals surface area contributed by atoms with Gasteiger partial charge in [0.25, 0.3) is 0 Å². The van der Waals surface area contributed by atoms with Gasteiger partial charge in [-0.3, -0.25) is 9.59 Å². The molecule has 12 heavy (non-hydrogen) atoms. The van der Waals surface area contributed by atoms with Gasteiger partial charge in [-0.1, -0.05) is 20.3 Å². The lowest BCUT2D eigenvalue weighted by molar-refractivity contribution is -0.132. The van der Waals surface area contributed by atoms with Gasteiger partial charge in [-0.2, -0.15) is 0 Å². The normalized spacial score (nSPS) is 13.1. The summed E-state index contributed by atoms with van der Waals surface area (Å²) in [6.45, 7) is 7.03. The zero-order valence-corrected chi connectivity index (χ0v) is 8.39. The van der Waals surface area contributed by atoms with Crippen LogP contribution in [0.1, 0.15) is 40.5 Å². The molecule has 0 N–H and O–H groups in total. The van der Waals surface area contributed by atoms with Gasteiger partial charge in [0.15, 0.2) is 0 Å². The Hall–Kier alpha value is -0.660. The standard InChI is InChI=1S/C10H18O2/c1-5-6-7(2)10(8(3)11)9(4)12/h7,10H,5-6H2,1-4H3. The molecule has 0 aliphatic rings. The molecule has 0 fully saturated rings. The van der Waals surface area contributed by atoms with Crippen molar-refractivity contribution in [1.82, 2.24) is 0 Å². The molecule has 2 heteroatoms. The Kier molecular flexibility index (Phi) is 4.79. The predicted octanol–water partition coefficient (Wildman–Crippen LogP) is 2.22. The summed E-state index contributed by atoms with van der Waals surface area (Å²) >= 11 is 0. The summed E-state index contributed by atoms with van der Waals surface area (Å²) < 4.78 is 0. The average Bonchev–Trinajstić information content (AvgIpc) is 1.85. The minimum atomic E-state index is -0.370. The second-order valence-electron chi connectivity index (χ2n) is 3.46. The summed E-state index contributed by atoms with van der Waals surface area (Å²) in [6.07, 6.45) is 1.97. The predicted molar refractivity (Wildman–Crippen MR) is 48.9 cm³/mol. The average molecular weight is 170 g/mol. The quantitative estimate of drug-likeness (QED) is 0.593. The third-order valence-electron chi connectivity index (χ3n) is 2.19. The smallest absolute Gasteiger partial charge is 0.140 e. The van der Waals surface area contributed by atoms with Crippen LogP contribution in [0.25, 0.3) is 0 Å². The maximum atomic E-state index is 11.1. The maximum absolute atomic E-state index is 11.1. The Labute approximate surface area is 74.3 Å². The first-order valence-electron chi connectivity index (χ1n) is 4.51. The van der Waals surface area contributed by atoms with Crippen molar-refractivity contribution < 1.29 is 9.59 Å². The van der Waals surface area contributed by atoms with Crippen molar-refractivity contribution in [1.29, 1.82) is 0 Å². The van der Waals surface area contributed by atoms with Gasteiger partial charge < -0.3 is 0 Å². The molecule has 0 aromatic heterocycles. The van der Waals surface area contributed by atoms with Crippen molar-refractivity contribution >= 4 is 11.6 Å². The molecular formula is C10H18O2. The van der Waals surface area contributed by atoms with Crippen LogP contribution in [-0.2, 0) is 9.59 Å². The summed E-state index contributed by atoms with van der Waals surface area (Å²) in [5, 5.41) is 0. The number of rotatable bonds is 5. The van der Waals surface area contributed by atoms with Crippen LogP contribution in [0.5, 0.6) is 0 Å². The van der Waals surface area contributed by atoms with Gasteiger partial charge >= 0.3 is 0 Å². The van der Waals surface area contributed by atoms with Crippen LogP contribution in [-0.4, -0.2) is 11.6 Å². The molecule has 0 rings (SSSR count). The fourth-order valence-electron chi connectivity index (χ4n) is 1.71. The molecule has 0 aliphatic carbocycles. The summed E-state index contributed by atoms with van der Waals surface area (Å²) in [5.74, 6) is -0.165. The highest BCUT2D eigenvalue weighted by Gasteiger charge is 2.25. The SMILES string of the molecule is CCCC(C)C(C(C)=O)C(C)=O. The second kappa shape index (κ2) is 5.07. The molecular weight excluding hydrogens is 152 g/mol. The Morgan fingerprint density at radius 2 is 1.58 bits per heavy atom. The molecule has 0 bridgehead atoms. The van der Waals surface area contributed by atoms with Crippen molar-refractivity contribution in [3.8, 4) is 0 Å². The Balaban J connectivity index is 4.29. The Bertz CT molecular complexity index is 159. The number of hydrogen-bond acceptors (Lipinski definition) is 2. The monoisotopic (exact) mass is 170 g/mol. The zero-order valence-electron chi connectivity index (χ0n) is 8.39. The largest absolute Gasteiger partial charge is 0.299 e. The van der Waals surface area contributed by atoms with Crippen LogP contribution in [0.15, 0.2) is 0 Å². The first kappa shape index (κ1) is 11.3. The first-order chi connectivity index (χ1) is 5.50. The molecule has 2 nitrogen and oxygen atoms in total. The van der Waals surface area contributed by atoms with Crippen LogP contribution < -0.4 is 0 Å². The van der Waals surface area contributed by atoms with Gasteiger partial charge in [-0.15, -0.1) is 0 Å². The molecule has 0 radical (unpaired) electrons. The van der Waals surface area contributed by atoms with Gasteiger partial charge in [0.1, 0.15) is 11.6 Å². The maximum Gasteiger partial charge on any atom is 0.140 e. The van der Waals surface area contributed by atoms with Gasteiger partial charge in [-0.25, -0.2) is 0 Å². The molecule has 70 valence electrons. The molecule has 0 aromatic rings. The van der Waals surface area contributed by atoms with Crippen LogP contribution in [0.4, 0.5) is 0 Å². The first-order valence-corrected chi connectivity index (χ1v) is 4.51. The molecule has 0 heterocycles. The lowest BCUT2D eigenvalue weighted by atomic mass is 9.85. The van der Waals surface area contributed by atoms with Crippen molar-refractivity contribution in [3.05, 3.63) is 0 Å². The summed E-state index contributed by atoms with van der Waals surface area (Å²) in [5.41, 5.74) is 0. The molecule has 0 saturated carbocycles. The fraction of sp³-hybridized carbons (Fsp3) is 0.800. The molecule has 0 saturated heterocycles. The molecule has 0 spiro atoms. The van der Waals surface area contributed by atoms with E-state index in [2.05, 4.69) is 6.92 Å². The topological polar surface area (TPSA) is 34.1 Å². The van der Waals surface area contributed by atoms with E-state index in [1.807, 2.05) is 6.92 Å². The fourth-order valence-corrected chi connectivity index (χ4v) is 1.71. The van der Waals surface area contributed by atoms with Gasteiger partial charge in [0, 0.05) is 0 Å². The van der Waals surface area contributed by atoms with Gasteiger partial charge in [0.05, 0.1) is 5.92 Å². The third-order valence-corrected chi connectivity index (χ3v) is 2.19. The minimum absolute atomic E-state index is 0.00319. The van der Waals surface area contributed by atoms with Crippen molar-refractivity contribution in [2.45, 2.75) is 40.5 Å². The highest BCUT2D eigenvalue weighted by Crippen LogP contribution is 2.18. The van der Waals surface area contributed by atoms with Crippen LogP contribution >= 0.6 is 0 Å². The van der Waals surface area contributed by atoms with Crippen molar-refractivity contribution in [2.75, 3.05) is 0 Å². The van der Waals surface area contributed by atoms with Crippen LogP contribution in [0, 0.1) is 11.8 Å². The number of ketones is 2. The third kappa shape index (κ3) is 3.16. The number of carbonyl (C=O) groups is 2. The van der Waals surface area contributed by atoms with Gasteiger partial charge in [0.2, 0.25) is 0 Å². The van der Waals surface area contributed by atoms with E-state index in [9.17, 15) is 9.59 Å². The van der Waals surface area contributed by atoms with E-state index in [4.69, 9.17) is 0 Å². The number of carbonyl (C=O) groups excluding carboxylic acids is 2. The van der Waals surface area contributed by atoms with E-state index in [0.717, 1.165) is 12.8 Å². The van der Waals surface area contributed by atoms with E-state index in [1.54, 1.807) is 0 Å². The Morgan fingerprint density at radius 3 is 1.83 bits per heavy atom. The molecule has 1 unspecified atom stereocenters. The molecule has 0 aromatic carbocycles. The highest BCUT2D eigenvalue weighted by molar-refractivity contribution is 6.00. The van der Waals surface area contributed by atoms with Crippen molar-refractivity contribution in [3.63, 3.8) is 0 Å². The second-order valence-corrected chi connectivity index (χ2v) is 3.46. The van der Waals surface area contributed by atoms with E-state index in [-0.39, 0.29) is 23.4 Å². The lowest BCUT2D eigenvalue weighted by Gasteiger charge is -2.17. The molecule has 0 aliphatic heterocycles. The molecule has 0 amide bonds. The van der Waals surface area contributed by atoms with Crippen molar-refractivity contribution in [2.24, 2.45) is 11.8 Å². The zero-order chi connectivity index (χ0) is 9.72. The van der Waals surface area contributed by atoms with E-state index in [1.165, 1.54) is 13.8 Å². The molecule has 1 atom stereocenters. The highest BCUT2D eigenvalue weighted by atomic mass is 16.1. The number of Topliss-reactive ketones (excluding diaryl/α,β-unsaturated/α-hetero) is 2. The summed E-state index contributed by atoms with van der Waals surface area (Å²) in [4.78, 5) is 22.2. The van der Waals surface area contributed by atoms with Crippen LogP contribution in [0.2, 0.25) is 0 Å². The lowest BCUT2D eigenvalue weighted by Crippen LogP contribution is -2.26. The van der Waals surface area contributed by atoms with E-state index >= 15 is 0 Å². The van der Waals surface area contributed by atoms with E-state index < -0.39 is 0 Å².